The maximum Gasteiger partial charge on any atom is 0.236 e. The normalized spacial score (nSPS) is 12.4. The molecular formula is C14H16N2O2. The molecule has 2 rings (SSSR count). The van der Waals surface area contributed by atoms with Crippen LogP contribution >= 0.6 is 0 Å². The van der Waals surface area contributed by atoms with E-state index in [0.717, 1.165) is 5.56 Å². The number of hydrogen-bond acceptors (Lipinski definition) is 4. The molecule has 0 saturated heterocycles. The lowest BCUT2D eigenvalue weighted by Gasteiger charge is -1.99. The second-order valence-corrected chi connectivity index (χ2v) is 4.55. The fourth-order valence-electron chi connectivity index (χ4n) is 1.69. The Hall–Kier alpha value is -1.97. The van der Waals surface area contributed by atoms with E-state index in [1.807, 2.05) is 25.1 Å². The van der Waals surface area contributed by atoms with Gasteiger partial charge in [0.1, 0.15) is 5.78 Å². The van der Waals surface area contributed by atoms with Crippen molar-refractivity contribution in [2.75, 3.05) is 0 Å². The molecular weight excluding hydrogens is 228 g/mol. The average molecular weight is 244 g/mol. The van der Waals surface area contributed by atoms with Gasteiger partial charge in [0, 0.05) is 6.42 Å². The van der Waals surface area contributed by atoms with Gasteiger partial charge >= 0.3 is 0 Å². The first-order chi connectivity index (χ1) is 8.56. The molecule has 0 fully saturated rings. The zero-order chi connectivity index (χ0) is 13.1. The van der Waals surface area contributed by atoms with Crippen LogP contribution in [0.5, 0.6) is 0 Å². The van der Waals surface area contributed by atoms with Gasteiger partial charge in [-0.3, -0.25) is 4.79 Å². The SMILES string of the molecule is CC(=O)C(C)c1nc(Cc2cccc(C)c2)no1. The molecule has 18 heavy (non-hydrogen) atoms. The van der Waals surface area contributed by atoms with Crippen molar-refractivity contribution in [2.45, 2.75) is 33.1 Å². The predicted molar refractivity (Wildman–Crippen MR) is 67.4 cm³/mol. The number of aromatic nitrogens is 2. The van der Waals surface area contributed by atoms with Gasteiger partial charge in [0.2, 0.25) is 5.89 Å². The van der Waals surface area contributed by atoms with Gasteiger partial charge in [-0.05, 0) is 26.3 Å². The van der Waals surface area contributed by atoms with Crippen LogP contribution in [0.3, 0.4) is 0 Å². The Morgan fingerprint density at radius 3 is 2.89 bits per heavy atom. The van der Waals surface area contributed by atoms with Crippen LogP contribution in [0.2, 0.25) is 0 Å². The number of rotatable bonds is 4. The number of Topliss-reactive ketones (excluding diaryl/α,β-unsaturated/α-hetero) is 1. The molecule has 0 aliphatic rings. The largest absolute Gasteiger partial charge is 0.339 e. The predicted octanol–water partition coefficient (Wildman–Crippen LogP) is 2.66. The monoisotopic (exact) mass is 244 g/mol. The Bertz CT molecular complexity index is 560. The highest BCUT2D eigenvalue weighted by atomic mass is 16.5. The maximum atomic E-state index is 11.2. The minimum atomic E-state index is -0.330. The molecule has 0 aliphatic heterocycles. The molecule has 1 atom stereocenters. The number of aryl methyl sites for hydroxylation is 1. The third kappa shape index (κ3) is 2.83. The van der Waals surface area contributed by atoms with Gasteiger partial charge in [0.05, 0.1) is 5.92 Å². The molecule has 1 aromatic heterocycles. The Labute approximate surface area is 106 Å². The lowest BCUT2D eigenvalue weighted by Crippen LogP contribution is -2.04. The van der Waals surface area contributed by atoms with Gasteiger partial charge in [0.25, 0.3) is 0 Å². The number of ketones is 1. The van der Waals surface area contributed by atoms with Gasteiger partial charge in [-0.25, -0.2) is 0 Å². The van der Waals surface area contributed by atoms with Crippen molar-refractivity contribution in [2.24, 2.45) is 0 Å². The average Bonchev–Trinajstić information content (AvgIpc) is 2.76. The second-order valence-electron chi connectivity index (χ2n) is 4.55. The summed E-state index contributed by atoms with van der Waals surface area (Å²) in [5.74, 6) is 0.707. The molecule has 0 aliphatic carbocycles. The van der Waals surface area contributed by atoms with E-state index in [1.165, 1.54) is 12.5 Å². The lowest BCUT2D eigenvalue weighted by atomic mass is 10.1. The molecule has 0 radical (unpaired) electrons. The fourth-order valence-corrected chi connectivity index (χ4v) is 1.69. The van der Waals surface area contributed by atoms with E-state index in [2.05, 4.69) is 16.2 Å². The van der Waals surface area contributed by atoms with Crippen molar-refractivity contribution >= 4 is 5.78 Å². The third-order valence-corrected chi connectivity index (χ3v) is 2.91. The minimum absolute atomic E-state index is 0.0285. The van der Waals surface area contributed by atoms with Gasteiger partial charge in [0.15, 0.2) is 5.82 Å². The highest BCUT2D eigenvalue weighted by molar-refractivity contribution is 5.81. The summed E-state index contributed by atoms with van der Waals surface area (Å²) in [6.07, 6.45) is 0.621. The summed E-state index contributed by atoms with van der Waals surface area (Å²) in [7, 11) is 0. The van der Waals surface area contributed by atoms with Gasteiger partial charge in [-0.15, -0.1) is 0 Å². The quantitative estimate of drug-likeness (QED) is 0.829. The lowest BCUT2D eigenvalue weighted by molar-refractivity contribution is -0.118. The standard InChI is InChI=1S/C14H16N2O2/c1-9-5-4-6-12(7-9)8-13-15-14(18-16-13)10(2)11(3)17/h4-7,10H,8H2,1-3H3. The maximum absolute atomic E-state index is 11.2. The second kappa shape index (κ2) is 5.12. The van der Waals surface area contributed by atoms with E-state index < -0.39 is 0 Å². The highest BCUT2D eigenvalue weighted by Gasteiger charge is 2.18. The number of carbonyl (C=O) groups is 1. The molecule has 1 aromatic carbocycles. The Morgan fingerprint density at radius 2 is 2.22 bits per heavy atom. The first-order valence-corrected chi connectivity index (χ1v) is 5.94. The van der Waals surface area contributed by atoms with Gasteiger partial charge in [-0.2, -0.15) is 4.98 Å². The Morgan fingerprint density at radius 1 is 1.44 bits per heavy atom. The molecule has 4 heteroatoms. The number of carbonyl (C=O) groups excluding carboxylic acids is 1. The van der Waals surface area contributed by atoms with Crippen LogP contribution in [0.25, 0.3) is 0 Å². The summed E-state index contributed by atoms with van der Waals surface area (Å²) in [5, 5.41) is 3.91. The van der Waals surface area contributed by atoms with Crippen LogP contribution in [-0.2, 0) is 11.2 Å². The zero-order valence-electron chi connectivity index (χ0n) is 10.8. The van der Waals surface area contributed by atoms with Crippen LogP contribution in [0, 0.1) is 6.92 Å². The van der Waals surface area contributed by atoms with Gasteiger partial charge < -0.3 is 4.52 Å². The van der Waals surface area contributed by atoms with Crippen molar-refractivity contribution < 1.29 is 9.32 Å². The Kier molecular flexibility index (Phi) is 3.55. The van der Waals surface area contributed by atoms with Crippen LogP contribution in [-0.4, -0.2) is 15.9 Å². The first-order valence-electron chi connectivity index (χ1n) is 5.94. The zero-order valence-corrected chi connectivity index (χ0v) is 10.8. The molecule has 1 unspecified atom stereocenters. The van der Waals surface area contributed by atoms with Crippen LogP contribution < -0.4 is 0 Å². The van der Waals surface area contributed by atoms with Crippen molar-refractivity contribution in [1.82, 2.24) is 10.1 Å². The first kappa shape index (κ1) is 12.5. The minimum Gasteiger partial charge on any atom is -0.339 e. The van der Waals surface area contributed by atoms with E-state index in [4.69, 9.17) is 4.52 Å². The van der Waals surface area contributed by atoms with E-state index in [-0.39, 0.29) is 11.7 Å². The summed E-state index contributed by atoms with van der Waals surface area (Å²) >= 11 is 0. The van der Waals surface area contributed by atoms with E-state index in [0.29, 0.717) is 18.1 Å². The molecule has 0 N–H and O–H groups in total. The summed E-state index contributed by atoms with van der Waals surface area (Å²) in [5.41, 5.74) is 2.34. The smallest absolute Gasteiger partial charge is 0.236 e. The summed E-state index contributed by atoms with van der Waals surface area (Å²) in [4.78, 5) is 15.5. The molecule has 0 bridgehead atoms. The van der Waals surface area contributed by atoms with Crippen molar-refractivity contribution in [1.29, 1.82) is 0 Å². The number of nitrogens with zero attached hydrogens (tertiary/aromatic N) is 2. The fraction of sp³-hybridized carbons (Fsp3) is 0.357. The van der Waals surface area contributed by atoms with Crippen molar-refractivity contribution in [3.05, 3.63) is 47.1 Å². The molecule has 0 saturated carbocycles. The Balaban J connectivity index is 2.14. The number of benzene rings is 1. The van der Waals surface area contributed by atoms with Gasteiger partial charge in [-0.1, -0.05) is 35.0 Å². The number of hydrogen-bond donors (Lipinski definition) is 0. The third-order valence-electron chi connectivity index (χ3n) is 2.91. The van der Waals surface area contributed by atoms with Crippen molar-refractivity contribution in [3.63, 3.8) is 0 Å². The topological polar surface area (TPSA) is 56.0 Å². The molecule has 4 nitrogen and oxygen atoms in total. The van der Waals surface area contributed by atoms with Crippen LogP contribution in [0.1, 0.15) is 42.6 Å². The summed E-state index contributed by atoms with van der Waals surface area (Å²) < 4.78 is 5.11. The molecule has 0 spiro atoms. The van der Waals surface area contributed by atoms with Crippen LogP contribution in [0.4, 0.5) is 0 Å². The molecule has 1 heterocycles. The van der Waals surface area contributed by atoms with Crippen LogP contribution in [0.15, 0.2) is 28.8 Å². The molecule has 2 aromatic rings. The van der Waals surface area contributed by atoms with E-state index in [1.54, 1.807) is 6.92 Å². The van der Waals surface area contributed by atoms with Crippen molar-refractivity contribution in [3.8, 4) is 0 Å². The molecule has 94 valence electrons. The summed E-state index contributed by atoms with van der Waals surface area (Å²) in [6.45, 7) is 5.34. The molecule has 0 amide bonds. The summed E-state index contributed by atoms with van der Waals surface area (Å²) in [6, 6.07) is 8.16. The highest BCUT2D eigenvalue weighted by Crippen LogP contribution is 2.15. The van der Waals surface area contributed by atoms with E-state index in [9.17, 15) is 4.79 Å². The van der Waals surface area contributed by atoms with E-state index >= 15 is 0 Å².